The molecule has 0 aliphatic heterocycles. The Morgan fingerprint density at radius 2 is 1.81 bits per heavy atom. The van der Waals surface area contributed by atoms with Crippen molar-refractivity contribution >= 4 is 23.4 Å². The van der Waals surface area contributed by atoms with Crippen LogP contribution in [-0.2, 0) is 16.1 Å². The lowest BCUT2D eigenvalue weighted by Gasteiger charge is -2.31. The number of hydrogen-bond donors (Lipinski definition) is 1. The Labute approximate surface area is 196 Å². The Balaban J connectivity index is 1.72. The van der Waals surface area contributed by atoms with Crippen molar-refractivity contribution in [2.75, 3.05) is 6.61 Å². The van der Waals surface area contributed by atoms with Gasteiger partial charge in [-0.1, -0.05) is 55.1 Å². The Morgan fingerprint density at radius 3 is 2.50 bits per heavy atom. The largest absolute Gasteiger partial charge is 0.484 e. The summed E-state index contributed by atoms with van der Waals surface area (Å²) >= 11 is 6.35. The van der Waals surface area contributed by atoms with Crippen LogP contribution in [-0.4, -0.2) is 35.4 Å². The number of aryl methyl sites for hydroxylation is 2. The first-order valence-electron chi connectivity index (χ1n) is 11.4. The highest BCUT2D eigenvalue weighted by Crippen LogP contribution is 2.21. The van der Waals surface area contributed by atoms with Gasteiger partial charge in [0.25, 0.3) is 5.91 Å². The number of benzene rings is 2. The summed E-state index contributed by atoms with van der Waals surface area (Å²) in [6.45, 7) is 5.90. The van der Waals surface area contributed by atoms with Crippen LogP contribution in [0.15, 0.2) is 42.5 Å². The summed E-state index contributed by atoms with van der Waals surface area (Å²) in [7, 11) is 0. The number of nitrogens with zero attached hydrogens (tertiary/aromatic N) is 1. The normalized spacial score (nSPS) is 15.1. The predicted molar refractivity (Wildman–Crippen MR) is 128 cm³/mol. The summed E-state index contributed by atoms with van der Waals surface area (Å²) < 4.78 is 5.78. The molecule has 3 rings (SSSR count). The molecule has 0 heterocycles. The van der Waals surface area contributed by atoms with Crippen LogP contribution in [0.25, 0.3) is 0 Å². The van der Waals surface area contributed by atoms with Gasteiger partial charge in [0.1, 0.15) is 11.8 Å². The van der Waals surface area contributed by atoms with Crippen molar-refractivity contribution in [2.45, 2.75) is 71.5 Å². The van der Waals surface area contributed by atoms with Gasteiger partial charge in [-0.25, -0.2) is 0 Å². The van der Waals surface area contributed by atoms with E-state index < -0.39 is 6.04 Å². The molecule has 1 aliphatic rings. The van der Waals surface area contributed by atoms with E-state index in [1.54, 1.807) is 17.9 Å². The van der Waals surface area contributed by atoms with Gasteiger partial charge >= 0.3 is 0 Å². The maximum Gasteiger partial charge on any atom is 0.261 e. The van der Waals surface area contributed by atoms with E-state index in [1.165, 1.54) is 6.42 Å². The molecule has 0 bridgehead atoms. The maximum absolute atomic E-state index is 13.2. The minimum absolute atomic E-state index is 0.136. The first-order chi connectivity index (χ1) is 15.3. The monoisotopic (exact) mass is 456 g/mol. The number of halogens is 1. The van der Waals surface area contributed by atoms with Crippen molar-refractivity contribution in [3.8, 4) is 5.75 Å². The lowest BCUT2D eigenvalue weighted by molar-refractivity contribution is -0.142. The fraction of sp³-hybridized carbons (Fsp3) is 0.462. The number of carbonyl (C=O) groups is 2. The fourth-order valence-electron chi connectivity index (χ4n) is 3.99. The van der Waals surface area contributed by atoms with Crippen molar-refractivity contribution in [1.29, 1.82) is 0 Å². The van der Waals surface area contributed by atoms with Gasteiger partial charge in [0.05, 0.1) is 0 Å². The molecule has 0 saturated heterocycles. The molecule has 172 valence electrons. The number of nitrogens with one attached hydrogen (secondary N) is 1. The predicted octanol–water partition coefficient (Wildman–Crippen LogP) is 5.20. The van der Waals surface area contributed by atoms with Crippen molar-refractivity contribution in [3.05, 3.63) is 64.2 Å². The van der Waals surface area contributed by atoms with Gasteiger partial charge in [0.15, 0.2) is 6.61 Å². The molecular formula is C26H33ClN2O3. The standard InChI is InChI=1S/C26H33ClN2O3/c1-18-13-14-23(15-19(18)2)32-17-25(30)29(16-21-9-7-8-12-24(21)27)20(3)26(31)28-22-10-5-4-6-11-22/h7-9,12-15,20,22H,4-6,10-11,16-17H2,1-3H3,(H,28,31)/t20-/m0/s1. The summed E-state index contributed by atoms with van der Waals surface area (Å²) in [5.41, 5.74) is 3.06. The molecule has 2 amide bonds. The van der Waals surface area contributed by atoms with Crippen LogP contribution in [0.4, 0.5) is 0 Å². The molecule has 5 nitrogen and oxygen atoms in total. The Morgan fingerprint density at radius 1 is 1.09 bits per heavy atom. The molecule has 2 aromatic carbocycles. The Bertz CT molecular complexity index is 940. The minimum Gasteiger partial charge on any atom is -0.484 e. The second-order valence-electron chi connectivity index (χ2n) is 8.67. The van der Waals surface area contributed by atoms with Crippen molar-refractivity contribution in [3.63, 3.8) is 0 Å². The van der Waals surface area contributed by atoms with E-state index in [-0.39, 0.29) is 31.0 Å². The van der Waals surface area contributed by atoms with Gasteiger partial charge in [-0.2, -0.15) is 0 Å². The molecule has 1 N–H and O–H groups in total. The van der Waals surface area contributed by atoms with Crippen LogP contribution in [0.3, 0.4) is 0 Å². The van der Waals surface area contributed by atoms with Crippen molar-refractivity contribution in [2.24, 2.45) is 0 Å². The molecule has 1 aliphatic carbocycles. The van der Waals surface area contributed by atoms with E-state index in [2.05, 4.69) is 5.32 Å². The van der Waals surface area contributed by atoms with Crippen LogP contribution < -0.4 is 10.1 Å². The number of rotatable bonds is 8. The molecule has 0 unspecified atom stereocenters. The molecule has 1 fully saturated rings. The zero-order chi connectivity index (χ0) is 23.1. The zero-order valence-corrected chi connectivity index (χ0v) is 20.0. The fourth-order valence-corrected chi connectivity index (χ4v) is 4.19. The van der Waals surface area contributed by atoms with Gasteiger partial charge in [-0.3, -0.25) is 9.59 Å². The molecule has 32 heavy (non-hydrogen) atoms. The highest BCUT2D eigenvalue weighted by Gasteiger charge is 2.28. The number of carbonyl (C=O) groups excluding carboxylic acids is 2. The average Bonchev–Trinajstić information content (AvgIpc) is 2.79. The second kappa shape index (κ2) is 11.4. The summed E-state index contributed by atoms with van der Waals surface area (Å²) in [6, 6.07) is 12.7. The quantitative estimate of drug-likeness (QED) is 0.593. The molecule has 0 radical (unpaired) electrons. The van der Waals surface area contributed by atoms with Crippen molar-refractivity contribution in [1.82, 2.24) is 10.2 Å². The molecule has 0 spiro atoms. The van der Waals surface area contributed by atoms with E-state index in [4.69, 9.17) is 16.3 Å². The smallest absolute Gasteiger partial charge is 0.261 e. The second-order valence-corrected chi connectivity index (χ2v) is 9.07. The van der Waals surface area contributed by atoms with Crippen LogP contribution in [0.1, 0.15) is 55.7 Å². The van der Waals surface area contributed by atoms with Gasteiger partial charge in [-0.15, -0.1) is 0 Å². The molecule has 2 aromatic rings. The van der Waals surface area contributed by atoms with E-state index >= 15 is 0 Å². The van der Waals surface area contributed by atoms with E-state index in [0.717, 1.165) is 42.4 Å². The average molecular weight is 457 g/mol. The van der Waals surface area contributed by atoms with E-state index in [1.807, 2.05) is 50.2 Å². The third kappa shape index (κ3) is 6.49. The summed E-state index contributed by atoms with van der Waals surface area (Å²) in [6.07, 6.45) is 5.46. The van der Waals surface area contributed by atoms with Gasteiger partial charge in [0, 0.05) is 17.6 Å². The zero-order valence-electron chi connectivity index (χ0n) is 19.2. The first-order valence-corrected chi connectivity index (χ1v) is 11.8. The lowest BCUT2D eigenvalue weighted by Crippen LogP contribution is -2.51. The van der Waals surface area contributed by atoms with Gasteiger partial charge < -0.3 is 15.0 Å². The van der Waals surface area contributed by atoms with Crippen LogP contribution >= 0.6 is 11.6 Å². The first kappa shape index (κ1) is 24.1. The van der Waals surface area contributed by atoms with Crippen molar-refractivity contribution < 1.29 is 14.3 Å². The van der Waals surface area contributed by atoms with Gasteiger partial charge in [0.2, 0.25) is 5.91 Å². The minimum atomic E-state index is -0.635. The van der Waals surface area contributed by atoms with Gasteiger partial charge in [-0.05, 0) is 68.5 Å². The van der Waals surface area contributed by atoms with E-state index in [9.17, 15) is 9.59 Å². The van der Waals surface area contributed by atoms with Crippen LogP contribution in [0.2, 0.25) is 5.02 Å². The summed E-state index contributed by atoms with van der Waals surface area (Å²) in [4.78, 5) is 27.8. The summed E-state index contributed by atoms with van der Waals surface area (Å²) in [5.74, 6) is 0.247. The lowest BCUT2D eigenvalue weighted by atomic mass is 9.95. The highest BCUT2D eigenvalue weighted by molar-refractivity contribution is 6.31. The topological polar surface area (TPSA) is 58.6 Å². The van der Waals surface area contributed by atoms with E-state index in [0.29, 0.717) is 10.8 Å². The molecule has 6 heteroatoms. The molecule has 1 atom stereocenters. The maximum atomic E-state index is 13.2. The number of ether oxygens (including phenoxy) is 1. The SMILES string of the molecule is Cc1ccc(OCC(=O)N(Cc2ccccc2Cl)[C@@H](C)C(=O)NC2CCCCC2)cc1C. The summed E-state index contributed by atoms with van der Waals surface area (Å²) in [5, 5.41) is 3.70. The number of hydrogen-bond acceptors (Lipinski definition) is 3. The van der Waals surface area contributed by atoms with Crippen LogP contribution in [0.5, 0.6) is 5.75 Å². The molecular weight excluding hydrogens is 424 g/mol. The number of amides is 2. The highest BCUT2D eigenvalue weighted by atomic mass is 35.5. The Hall–Kier alpha value is -2.53. The molecule has 0 aromatic heterocycles. The Kier molecular flexibility index (Phi) is 8.57. The van der Waals surface area contributed by atoms with Crippen LogP contribution in [0, 0.1) is 13.8 Å². The third-order valence-corrected chi connectivity index (χ3v) is 6.63. The third-order valence-electron chi connectivity index (χ3n) is 6.26. The molecule has 1 saturated carbocycles.